The van der Waals surface area contributed by atoms with Crippen molar-refractivity contribution in [2.45, 2.75) is 24.7 Å². The van der Waals surface area contributed by atoms with E-state index in [1.807, 2.05) is 36.0 Å². The molecule has 0 saturated heterocycles. The minimum Gasteiger partial charge on any atom is -0.492 e. The SMILES string of the molecule is CCNC(=NCCOc1ccc2c(c1)CCC(=O)N2)NCCSc1ccccc1. The molecular weight excluding hydrogens is 384 g/mol. The van der Waals surface area contributed by atoms with Crippen molar-refractivity contribution in [1.82, 2.24) is 10.6 Å². The van der Waals surface area contributed by atoms with Gasteiger partial charge in [0.2, 0.25) is 5.91 Å². The third-order valence-corrected chi connectivity index (χ3v) is 5.37. The molecule has 0 aromatic heterocycles. The molecule has 2 aromatic carbocycles. The van der Waals surface area contributed by atoms with Crippen LogP contribution in [0.3, 0.4) is 0 Å². The number of hydrogen-bond donors (Lipinski definition) is 3. The standard InChI is InChI=1S/C22H28N4O2S/c1-2-23-22(25-13-15-29-19-6-4-3-5-7-19)24-12-14-28-18-9-10-20-17(16-18)8-11-21(27)26-20/h3-7,9-10,16H,2,8,11-15H2,1H3,(H,26,27)(H2,23,24,25). The van der Waals surface area contributed by atoms with Gasteiger partial charge in [-0.05, 0) is 49.2 Å². The molecule has 1 aliphatic heterocycles. The molecule has 2 aromatic rings. The zero-order chi connectivity index (χ0) is 20.3. The number of thioether (sulfide) groups is 1. The van der Waals surface area contributed by atoms with Crippen LogP contribution in [0.15, 0.2) is 58.4 Å². The molecule has 0 radical (unpaired) electrons. The fourth-order valence-corrected chi connectivity index (χ4v) is 3.76. The van der Waals surface area contributed by atoms with Gasteiger partial charge in [-0.3, -0.25) is 4.79 Å². The highest BCUT2D eigenvalue weighted by atomic mass is 32.2. The van der Waals surface area contributed by atoms with Crippen molar-refractivity contribution in [3.63, 3.8) is 0 Å². The zero-order valence-electron chi connectivity index (χ0n) is 16.7. The maximum Gasteiger partial charge on any atom is 0.224 e. The van der Waals surface area contributed by atoms with E-state index in [0.29, 0.717) is 19.6 Å². The van der Waals surface area contributed by atoms with Gasteiger partial charge in [-0.15, -0.1) is 11.8 Å². The summed E-state index contributed by atoms with van der Waals surface area (Å²) in [5.74, 6) is 2.66. The Labute approximate surface area is 176 Å². The van der Waals surface area contributed by atoms with Crippen LogP contribution < -0.4 is 20.7 Å². The monoisotopic (exact) mass is 412 g/mol. The second-order valence-electron chi connectivity index (χ2n) is 6.56. The second-order valence-corrected chi connectivity index (χ2v) is 7.73. The molecule has 0 saturated carbocycles. The van der Waals surface area contributed by atoms with E-state index in [4.69, 9.17) is 4.74 Å². The fraction of sp³-hybridized carbons (Fsp3) is 0.364. The Bertz CT molecular complexity index is 827. The summed E-state index contributed by atoms with van der Waals surface area (Å²) in [6, 6.07) is 16.2. The van der Waals surface area contributed by atoms with Gasteiger partial charge in [-0.1, -0.05) is 18.2 Å². The number of rotatable bonds is 9. The van der Waals surface area contributed by atoms with E-state index < -0.39 is 0 Å². The maximum atomic E-state index is 11.4. The van der Waals surface area contributed by atoms with E-state index in [1.54, 1.807) is 0 Å². The summed E-state index contributed by atoms with van der Waals surface area (Å²) in [7, 11) is 0. The Morgan fingerprint density at radius 2 is 2.03 bits per heavy atom. The lowest BCUT2D eigenvalue weighted by atomic mass is 10.0. The Kier molecular flexibility index (Phi) is 8.25. The molecule has 1 heterocycles. The summed E-state index contributed by atoms with van der Waals surface area (Å²) in [6.07, 6.45) is 1.28. The number of carbonyl (C=O) groups excluding carboxylic acids is 1. The molecular formula is C22H28N4O2S. The molecule has 7 heteroatoms. The second kappa shape index (κ2) is 11.4. The van der Waals surface area contributed by atoms with Crippen molar-refractivity contribution in [3.05, 3.63) is 54.1 Å². The summed E-state index contributed by atoms with van der Waals surface area (Å²) >= 11 is 1.82. The summed E-state index contributed by atoms with van der Waals surface area (Å²) < 4.78 is 5.83. The van der Waals surface area contributed by atoms with Gasteiger partial charge in [0.05, 0.1) is 6.54 Å². The largest absolute Gasteiger partial charge is 0.492 e. The van der Waals surface area contributed by atoms with Crippen LogP contribution in [0.25, 0.3) is 0 Å². The van der Waals surface area contributed by atoms with Gasteiger partial charge in [-0.25, -0.2) is 4.99 Å². The van der Waals surface area contributed by atoms with Crippen LogP contribution in [-0.4, -0.2) is 43.9 Å². The van der Waals surface area contributed by atoms with Gasteiger partial charge < -0.3 is 20.7 Å². The molecule has 0 aliphatic carbocycles. The average Bonchev–Trinajstić information content (AvgIpc) is 2.75. The molecule has 3 N–H and O–H groups in total. The van der Waals surface area contributed by atoms with Crippen LogP contribution in [0.4, 0.5) is 5.69 Å². The number of fused-ring (bicyclic) bond motifs is 1. The van der Waals surface area contributed by atoms with E-state index in [-0.39, 0.29) is 5.91 Å². The molecule has 0 fully saturated rings. The Morgan fingerprint density at radius 3 is 2.86 bits per heavy atom. The number of ether oxygens (including phenoxy) is 1. The Balaban J connectivity index is 1.40. The Hall–Kier alpha value is -2.67. The lowest BCUT2D eigenvalue weighted by molar-refractivity contribution is -0.116. The van der Waals surface area contributed by atoms with Gasteiger partial charge >= 0.3 is 0 Å². The lowest BCUT2D eigenvalue weighted by Crippen LogP contribution is -2.38. The highest BCUT2D eigenvalue weighted by Crippen LogP contribution is 2.26. The number of aryl methyl sites for hydroxylation is 1. The number of guanidine groups is 1. The van der Waals surface area contributed by atoms with Crippen LogP contribution in [0, 0.1) is 0 Å². The van der Waals surface area contributed by atoms with Gasteiger partial charge in [0.1, 0.15) is 12.4 Å². The van der Waals surface area contributed by atoms with E-state index in [2.05, 4.69) is 52.1 Å². The molecule has 154 valence electrons. The fourth-order valence-electron chi connectivity index (χ4n) is 2.97. The first-order valence-corrected chi connectivity index (χ1v) is 11.0. The third kappa shape index (κ3) is 7.02. The minimum atomic E-state index is 0.0751. The lowest BCUT2D eigenvalue weighted by Gasteiger charge is -2.17. The van der Waals surface area contributed by atoms with Crippen LogP contribution in [-0.2, 0) is 11.2 Å². The average molecular weight is 413 g/mol. The topological polar surface area (TPSA) is 74.8 Å². The zero-order valence-corrected chi connectivity index (χ0v) is 17.6. The van der Waals surface area contributed by atoms with Crippen molar-refractivity contribution in [1.29, 1.82) is 0 Å². The number of anilines is 1. The van der Waals surface area contributed by atoms with Gasteiger partial charge in [0.15, 0.2) is 5.96 Å². The van der Waals surface area contributed by atoms with Crippen LogP contribution in [0.1, 0.15) is 18.9 Å². The van der Waals surface area contributed by atoms with Gasteiger partial charge in [0, 0.05) is 35.8 Å². The molecule has 0 bridgehead atoms. The molecule has 3 rings (SSSR count). The molecule has 1 aliphatic rings. The third-order valence-electron chi connectivity index (χ3n) is 4.35. The molecule has 0 atom stereocenters. The predicted molar refractivity (Wildman–Crippen MR) is 120 cm³/mol. The maximum absolute atomic E-state index is 11.4. The summed E-state index contributed by atoms with van der Waals surface area (Å²) in [5, 5.41) is 9.50. The number of hydrogen-bond acceptors (Lipinski definition) is 4. The van der Waals surface area contributed by atoms with Crippen molar-refractivity contribution >= 4 is 29.3 Å². The van der Waals surface area contributed by atoms with E-state index >= 15 is 0 Å². The quantitative estimate of drug-likeness (QED) is 0.255. The summed E-state index contributed by atoms with van der Waals surface area (Å²) in [5.41, 5.74) is 2.01. The highest BCUT2D eigenvalue weighted by Gasteiger charge is 2.14. The molecule has 6 nitrogen and oxygen atoms in total. The van der Waals surface area contributed by atoms with E-state index in [1.165, 1.54) is 4.90 Å². The first-order chi connectivity index (χ1) is 14.2. The highest BCUT2D eigenvalue weighted by molar-refractivity contribution is 7.99. The van der Waals surface area contributed by atoms with Crippen molar-refractivity contribution in [3.8, 4) is 5.75 Å². The van der Waals surface area contributed by atoms with Crippen molar-refractivity contribution in [2.24, 2.45) is 4.99 Å². The molecule has 0 unspecified atom stereocenters. The van der Waals surface area contributed by atoms with E-state index in [0.717, 1.165) is 48.2 Å². The van der Waals surface area contributed by atoms with Crippen molar-refractivity contribution in [2.75, 3.05) is 37.3 Å². The van der Waals surface area contributed by atoms with E-state index in [9.17, 15) is 4.79 Å². The van der Waals surface area contributed by atoms with Gasteiger partial charge in [-0.2, -0.15) is 0 Å². The number of aliphatic imine (C=N–C) groups is 1. The van der Waals surface area contributed by atoms with Crippen molar-refractivity contribution < 1.29 is 9.53 Å². The summed E-state index contributed by atoms with van der Waals surface area (Å²) in [6.45, 7) is 4.77. The number of amides is 1. The first kappa shape index (κ1) is 21.0. The minimum absolute atomic E-state index is 0.0751. The molecule has 1 amide bonds. The van der Waals surface area contributed by atoms with Gasteiger partial charge in [0.25, 0.3) is 0 Å². The number of carbonyl (C=O) groups is 1. The molecule has 0 spiro atoms. The summed E-state index contributed by atoms with van der Waals surface area (Å²) in [4.78, 5) is 17.3. The Morgan fingerprint density at radius 1 is 1.17 bits per heavy atom. The molecule has 29 heavy (non-hydrogen) atoms. The number of benzene rings is 2. The number of nitrogens with one attached hydrogen (secondary N) is 3. The van der Waals surface area contributed by atoms with Crippen LogP contribution in [0.2, 0.25) is 0 Å². The smallest absolute Gasteiger partial charge is 0.224 e. The predicted octanol–water partition coefficient (Wildman–Crippen LogP) is 3.30. The number of nitrogens with zero attached hydrogens (tertiary/aromatic N) is 1. The first-order valence-electron chi connectivity index (χ1n) is 10.00. The van der Waals surface area contributed by atoms with Crippen LogP contribution >= 0.6 is 11.8 Å². The van der Waals surface area contributed by atoms with Crippen LogP contribution in [0.5, 0.6) is 5.75 Å². The normalized spacial score (nSPS) is 13.4.